The van der Waals surface area contributed by atoms with E-state index in [2.05, 4.69) is 14.9 Å². The fourth-order valence-electron chi connectivity index (χ4n) is 3.14. The topological polar surface area (TPSA) is 56.7 Å². The Hall–Kier alpha value is -2.18. The first-order chi connectivity index (χ1) is 12.3. The summed E-state index contributed by atoms with van der Waals surface area (Å²) in [4.78, 5) is 11.1. The van der Waals surface area contributed by atoms with Crippen LogP contribution in [0.15, 0.2) is 42.7 Å². The Morgan fingerprint density at radius 1 is 1.04 bits per heavy atom. The van der Waals surface area contributed by atoms with Crippen LogP contribution in [0.5, 0.6) is 5.75 Å². The molecule has 2 aromatic rings. The molecular weight excluding hydrogens is 318 g/mol. The zero-order valence-corrected chi connectivity index (χ0v) is 14.8. The molecule has 0 radical (unpaired) electrons. The summed E-state index contributed by atoms with van der Waals surface area (Å²) in [7, 11) is 3.38. The Kier molecular flexibility index (Phi) is 6.19. The van der Waals surface area contributed by atoms with Gasteiger partial charge in [0.05, 0.1) is 12.4 Å². The van der Waals surface area contributed by atoms with Crippen LogP contribution in [-0.2, 0) is 16.1 Å². The lowest BCUT2D eigenvalue weighted by molar-refractivity contribution is -0.141. The standard InChI is InChI=1S/C19H25N3O3/c1-23-18(24-2)16-8-10-22(11-9-16)19-20-12-17(13-21-19)25-14-15-6-4-3-5-7-15/h3-7,12-13,16,18H,8-11,14H2,1-2H3. The Bertz CT molecular complexity index is 624. The van der Waals surface area contributed by atoms with Crippen LogP contribution in [-0.4, -0.2) is 43.6 Å². The predicted octanol–water partition coefficient (Wildman–Crippen LogP) is 2.89. The first-order valence-corrected chi connectivity index (χ1v) is 8.59. The molecule has 1 aromatic heterocycles. The maximum absolute atomic E-state index is 5.74. The number of anilines is 1. The summed E-state index contributed by atoms with van der Waals surface area (Å²) in [5.41, 5.74) is 1.12. The molecule has 1 saturated heterocycles. The Labute approximate surface area is 148 Å². The van der Waals surface area contributed by atoms with Gasteiger partial charge in [0, 0.05) is 33.2 Å². The zero-order chi connectivity index (χ0) is 17.5. The van der Waals surface area contributed by atoms with Gasteiger partial charge in [0.15, 0.2) is 12.0 Å². The highest BCUT2D eigenvalue weighted by molar-refractivity contribution is 5.32. The van der Waals surface area contributed by atoms with E-state index in [0.717, 1.165) is 37.4 Å². The van der Waals surface area contributed by atoms with E-state index in [1.165, 1.54) is 0 Å². The van der Waals surface area contributed by atoms with Gasteiger partial charge < -0.3 is 19.1 Å². The van der Waals surface area contributed by atoms with Gasteiger partial charge in [-0.25, -0.2) is 9.97 Å². The monoisotopic (exact) mass is 343 g/mol. The highest BCUT2D eigenvalue weighted by atomic mass is 16.7. The van der Waals surface area contributed by atoms with Crippen molar-refractivity contribution in [3.05, 3.63) is 48.3 Å². The van der Waals surface area contributed by atoms with E-state index in [-0.39, 0.29) is 6.29 Å². The molecule has 0 bridgehead atoms. The van der Waals surface area contributed by atoms with E-state index in [0.29, 0.717) is 18.3 Å². The number of nitrogens with zero attached hydrogens (tertiary/aromatic N) is 3. The molecule has 0 unspecified atom stereocenters. The highest BCUT2D eigenvalue weighted by Crippen LogP contribution is 2.25. The van der Waals surface area contributed by atoms with Crippen LogP contribution in [0.2, 0.25) is 0 Å². The minimum absolute atomic E-state index is 0.128. The fourth-order valence-corrected chi connectivity index (χ4v) is 3.14. The van der Waals surface area contributed by atoms with Gasteiger partial charge >= 0.3 is 0 Å². The number of benzene rings is 1. The minimum Gasteiger partial charge on any atom is -0.486 e. The lowest BCUT2D eigenvalue weighted by Gasteiger charge is -2.34. The van der Waals surface area contributed by atoms with Crippen LogP contribution in [0.25, 0.3) is 0 Å². The van der Waals surface area contributed by atoms with Crippen molar-refractivity contribution in [2.24, 2.45) is 5.92 Å². The number of methoxy groups -OCH3 is 2. The molecule has 3 rings (SSSR count). The molecule has 0 N–H and O–H groups in total. The summed E-state index contributed by atoms with van der Waals surface area (Å²) in [6, 6.07) is 10.1. The van der Waals surface area contributed by atoms with E-state index in [4.69, 9.17) is 14.2 Å². The zero-order valence-electron chi connectivity index (χ0n) is 14.8. The van der Waals surface area contributed by atoms with Crippen molar-refractivity contribution in [1.82, 2.24) is 9.97 Å². The second kappa shape index (κ2) is 8.78. The van der Waals surface area contributed by atoms with Crippen LogP contribution in [0, 0.1) is 5.92 Å². The maximum atomic E-state index is 5.74. The van der Waals surface area contributed by atoms with Gasteiger partial charge in [-0.2, -0.15) is 0 Å². The SMILES string of the molecule is COC(OC)C1CCN(c2ncc(OCc3ccccc3)cn2)CC1. The number of hydrogen-bond donors (Lipinski definition) is 0. The summed E-state index contributed by atoms with van der Waals surface area (Å²) in [6.07, 6.45) is 5.36. The molecule has 134 valence electrons. The average molecular weight is 343 g/mol. The van der Waals surface area contributed by atoms with Crippen LogP contribution >= 0.6 is 0 Å². The molecule has 0 aliphatic carbocycles. The number of rotatable bonds is 7. The molecule has 0 saturated carbocycles. The van der Waals surface area contributed by atoms with Gasteiger partial charge in [-0.1, -0.05) is 30.3 Å². The molecule has 1 fully saturated rings. The van der Waals surface area contributed by atoms with Crippen molar-refractivity contribution in [3.63, 3.8) is 0 Å². The molecule has 2 heterocycles. The van der Waals surface area contributed by atoms with Crippen molar-refractivity contribution >= 4 is 5.95 Å². The van der Waals surface area contributed by atoms with Gasteiger partial charge in [-0.3, -0.25) is 0 Å². The van der Waals surface area contributed by atoms with E-state index in [1.807, 2.05) is 30.3 Å². The van der Waals surface area contributed by atoms with Crippen molar-refractivity contribution in [2.75, 3.05) is 32.2 Å². The molecule has 6 nitrogen and oxygen atoms in total. The number of aromatic nitrogens is 2. The quantitative estimate of drug-likeness (QED) is 0.721. The van der Waals surface area contributed by atoms with Gasteiger partial charge in [0.2, 0.25) is 5.95 Å². The second-order valence-corrected chi connectivity index (χ2v) is 6.16. The molecule has 1 aromatic carbocycles. The number of hydrogen-bond acceptors (Lipinski definition) is 6. The molecule has 1 aliphatic rings. The molecule has 0 spiro atoms. The van der Waals surface area contributed by atoms with Crippen molar-refractivity contribution < 1.29 is 14.2 Å². The smallest absolute Gasteiger partial charge is 0.225 e. The Morgan fingerprint density at radius 3 is 2.28 bits per heavy atom. The molecular formula is C19H25N3O3. The molecule has 6 heteroatoms. The van der Waals surface area contributed by atoms with Crippen LogP contribution in [0.4, 0.5) is 5.95 Å². The molecule has 0 amide bonds. The van der Waals surface area contributed by atoms with Crippen molar-refractivity contribution in [1.29, 1.82) is 0 Å². The third-order valence-electron chi connectivity index (χ3n) is 4.53. The first kappa shape index (κ1) is 17.6. The largest absolute Gasteiger partial charge is 0.486 e. The number of ether oxygens (including phenoxy) is 3. The Morgan fingerprint density at radius 2 is 1.68 bits per heavy atom. The van der Waals surface area contributed by atoms with E-state index in [9.17, 15) is 0 Å². The van der Waals surface area contributed by atoms with Crippen molar-refractivity contribution in [3.8, 4) is 5.75 Å². The predicted molar refractivity (Wildman–Crippen MR) is 95.5 cm³/mol. The maximum Gasteiger partial charge on any atom is 0.225 e. The average Bonchev–Trinajstić information content (AvgIpc) is 2.69. The molecule has 0 atom stereocenters. The Balaban J connectivity index is 1.51. The van der Waals surface area contributed by atoms with Gasteiger partial charge in [-0.05, 0) is 18.4 Å². The lowest BCUT2D eigenvalue weighted by Crippen LogP contribution is -2.39. The highest BCUT2D eigenvalue weighted by Gasteiger charge is 2.27. The summed E-state index contributed by atoms with van der Waals surface area (Å²) >= 11 is 0. The third-order valence-corrected chi connectivity index (χ3v) is 4.53. The fraction of sp³-hybridized carbons (Fsp3) is 0.474. The van der Waals surface area contributed by atoms with Crippen molar-refractivity contribution in [2.45, 2.75) is 25.7 Å². The number of piperidine rings is 1. The second-order valence-electron chi connectivity index (χ2n) is 6.16. The van der Waals surface area contributed by atoms with Crippen LogP contribution in [0.1, 0.15) is 18.4 Å². The van der Waals surface area contributed by atoms with Gasteiger partial charge in [0.1, 0.15) is 6.61 Å². The third kappa shape index (κ3) is 4.67. The normalized spacial score (nSPS) is 15.6. The molecule has 25 heavy (non-hydrogen) atoms. The van der Waals surface area contributed by atoms with Crippen LogP contribution in [0.3, 0.4) is 0 Å². The summed E-state index contributed by atoms with van der Waals surface area (Å²) in [5.74, 6) is 1.85. The van der Waals surface area contributed by atoms with Gasteiger partial charge in [0.25, 0.3) is 0 Å². The van der Waals surface area contributed by atoms with Gasteiger partial charge in [-0.15, -0.1) is 0 Å². The van der Waals surface area contributed by atoms with E-state index in [1.54, 1.807) is 26.6 Å². The summed E-state index contributed by atoms with van der Waals surface area (Å²) in [5, 5.41) is 0. The summed E-state index contributed by atoms with van der Waals surface area (Å²) in [6.45, 7) is 2.32. The van der Waals surface area contributed by atoms with Crippen LogP contribution < -0.4 is 9.64 Å². The molecule has 1 aliphatic heterocycles. The van der Waals surface area contributed by atoms with E-state index >= 15 is 0 Å². The first-order valence-electron chi connectivity index (χ1n) is 8.59. The summed E-state index contributed by atoms with van der Waals surface area (Å²) < 4.78 is 16.5. The van der Waals surface area contributed by atoms with E-state index < -0.39 is 0 Å². The minimum atomic E-state index is -0.128. The lowest BCUT2D eigenvalue weighted by atomic mass is 9.96.